The standard InChI is InChI=1S/C59H35F2N3/c60-41-28-39(29-42(61)35-41)40-33-54(38-22-25-48-46-16-5-4-14-44(46)45-15-6-7-17-47(45)51(48)32-38)62-59(34-40)64-56-21-11-9-19-50(56)53-31-37(24-27-58(53)64)36-23-26-57-52(30-36)49-18-8-10-20-55(49)63(57)43-12-2-1-3-13-43/h1-35H. The van der Waals surface area contributed by atoms with Gasteiger partial charge in [0.05, 0.1) is 27.8 Å². The lowest BCUT2D eigenvalue weighted by Crippen LogP contribution is -2.00. The van der Waals surface area contributed by atoms with Crippen LogP contribution in [0.4, 0.5) is 8.78 Å². The monoisotopic (exact) mass is 823 g/mol. The van der Waals surface area contributed by atoms with E-state index in [4.69, 9.17) is 4.98 Å². The molecule has 0 aliphatic carbocycles. The van der Waals surface area contributed by atoms with Gasteiger partial charge in [-0.1, -0.05) is 127 Å². The molecule has 300 valence electrons. The first-order valence-corrected chi connectivity index (χ1v) is 21.5. The summed E-state index contributed by atoms with van der Waals surface area (Å²) in [5.41, 5.74) is 10.3. The second-order valence-electron chi connectivity index (χ2n) is 16.6. The molecule has 0 spiro atoms. The predicted molar refractivity (Wildman–Crippen MR) is 262 cm³/mol. The fraction of sp³-hybridized carbons (Fsp3) is 0. The molecule has 0 aliphatic rings. The smallest absolute Gasteiger partial charge is 0.138 e. The third kappa shape index (κ3) is 5.61. The molecule has 3 aromatic heterocycles. The van der Waals surface area contributed by atoms with Gasteiger partial charge in [-0.3, -0.25) is 4.57 Å². The molecule has 0 saturated heterocycles. The van der Waals surface area contributed by atoms with E-state index in [1.54, 1.807) is 0 Å². The van der Waals surface area contributed by atoms with Gasteiger partial charge in [0.1, 0.15) is 17.5 Å². The van der Waals surface area contributed by atoms with Gasteiger partial charge in [0.25, 0.3) is 0 Å². The zero-order valence-corrected chi connectivity index (χ0v) is 34.3. The Labute approximate surface area is 366 Å². The third-order valence-corrected chi connectivity index (χ3v) is 13.0. The topological polar surface area (TPSA) is 22.8 Å². The fourth-order valence-corrected chi connectivity index (χ4v) is 10.1. The highest BCUT2D eigenvalue weighted by molar-refractivity contribution is 6.25. The second kappa shape index (κ2) is 14.1. The number of halogens is 2. The van der Waals surface area contributed by atoms with Crippen LogP contribution in [0.25, 0.3) is 121 Å². The number of nitrogens with zero attached hydrogens (tertiary/aromatic N) is 3. The van der Waals surface area contributed by atoms with Crippen LogP contribution in [-0.2, 0) is 0 Å². The van der Waals surface area contributed by atoms with Gasteiger partial charge >= 0.3 is 0 Å². The molecule has 0 N–H and O–H groups in total. The number of rotatable bonds is 5. The molecule has 13 aromatic rings. The Kier molecular flexibility index (Phi) is 7.97. The fourth-order valence-electron chi connectivity index (χ4n) is 10.1. The summed E-state index contributed by atoms with van der Waals surface area (Å²) in [5.74, 6) is -0.618. The lowest BCUT2D eigenvalue weighted by Gasteiger charge is -2.15. The molecule has 3 nitrogen and oxygen atoms in total. The van der Waals surface area contributed by atoms with E-state index in [9.17, 15) is 8.78 Å². The minimum Gasteiger partial charge on any atom is -0.309 e. The van der Waals surface area contributed by atoms with E-state index in [1.165, 1.54) is 44.6 Å². The van der Waals surface area contributed by atoms with Gasteiger partial charge in [0.15, 0.2) is 0 Å². The highest BCUT2D eigenvalue weighted by Crippen LogP contribution is 2.41. The molecule has 64 heavy (non-hydrogen) atoms. The van der Waals surface area contributed by atoms with E-state index >= 15 is 0 Å². The average molecular weight is 824 g/mol. The minimum atomic E-state index is -0.633. The first kappa shape index (κ1) is 36.3. The van der Waals surface area contributed by atoms with Crippen molar-refractivity contribution in [1.82, 2.24) is 14.1 Å². The van der Waals surface area contributed by atoms with Crippen molar-refractivity contribution in [3.05, 3.63) is 224 Å². The molecule has 0 unspecified atom stereocenters. The van der Waals surface area contributed by atoms with Crippen molar-refractivity contribution in [3.8, 4) is 45.0 Å². The molecule has 0 bridgehead atoms. The maximum Gasteiger partial charge on any atom is 0.138 e. The zero-order valence-electron chi connectivity index (χ0n) is 34.3. The van der Waals surface area contributed by atoms with E-state index < -0.39 is 11.6 Å². The third-order valence-electron chi connectivity index (χ3n) is 13.0. The van der Waals surface area contributed by atoms with E-state index in [0.29, 0.717) is 22.6 Å². The van der Waals surface area contributed by atoms with Crippen LogP contribution in [0.5, 0.6) is 0 Å². The molecule has 5 heteroatoms. The van der Waals surface area contributed by atoms with Crippen molar-refractivity contribution in [2.75, 3.05) is 0 Å². The van der Waals surface area contributed by atoms with Gasteiger partial charge in [-0.25, -0.2) is 13.8 Å². The highest BCUT2D eigenvalue weighted by Gasteiger charge is 2.19. The van der Waals surface area contributed by atoms with Crippen molar-refractivity contribution >= 4 is 75.9 Å². The van der Waals surface area contributed by atoms with Crippen molar-refractivity contribution in [2.24, 2.45) is 0 Å². The van der Waals surface area contributed by atoms with Crippen molar-refractivity contribution in [1.29, 1.82) is 0 Å². The quantitative estimate of drug-likeness (QED) is 0.159. The molecule has 0 aliphatic heterocycles. The first-order chi connectivity index (χ1) is 31.5. The number of hydrogen-bond donors (Lipinski definition) is 0. The van der Waals surface area contributed by atoms with Crippen LogP contribution >= 0.6 is 0 Å². The van der Waals surface area contributed by atoms with Gasteiger partial charge in [-0.05, 0) is 133 Å². The van der Waals surface area contributed by atoms with Crippen molar-refractivity contribution in [3.63, 3.8) is 0 Å². The van der Waals surface area contributed by atoms with Crippen LogP contribution in [0.3, 0.4) is 0 Å². The minimum absolute atomic E-state index is 0.437. The number of para-hydroxylation sites is 3. The molecule has 3 heterocycles. The summed E-state index contributed by atoms with van der Waals surface area (Å²) in [5, 5.41) is 11.6. The molecule has 10 aromatic carbocycles. The Morgan fingerprint density at radius 3 is 1.33 bits per heavy atom. The van der Waals surface area contributed by atoms with E-state index in [2.05, 4.69) is 179 Å². The lowest BCUT2D eigenvalue weighted by molar-refractivity contribution is 0.584. The molecule has 0 atom stereocenters. The van der Waals surface area contributed by atoms with Crippen molar-refractivity contribution < 1.29 is 8.78 Å². The molecular weight excluding hydrogens is 789 g/mol. The van der Waals surface area contributed by atoms with E-state index in [0.717, 1.165) is 71.9 Å². The summed E-state index contributed by atoms with van der Waals surface area (Å²) in [7, 11) is 0. The lowest BCUT2D eigenvalue weighted by atomic mass is 9.92. The molecule has 0 amide bonds. The Balaban J connectivity index is 1.02. The normalized spacial score (nSPS) is 11.9. The van der Waals surface area contributed by atoms with Crippen LogP contribution in [0.15, 0.2) is 212 Å². The van der Waals surface area contributed by atoms with Gasteiger partial charge in [0, 0.05) is 38.9 Å². The summed E-state index contributed by atoms with van der Waals surface area (Å²) in [4.78, 5) is 5.41. The van der Waals surface area contributed by atoms with Gasteiger partial charge in [0.2, 0.25) is 0 Å². The van der Waals surface area contributed by atoms with Crippen LogP contribution in [0.2, 0.25) is 0 Å². The highest BCUT2D eigenvalue weighted by atomic mass is 19.1. The SMILES string of the molecule is Fc1cc(F)cc(-c2cc(-c3ccc4c5ccccc5c5ccccc5c4c3)nc(-n3c4ccccc4c4cc(-c5ccc6c(c5)c5ccccc5n6-c5ccccc5)ccc43)c2)c1. The van der Waals surface area contributed by atoms with E-state index in [-0.39, 0.29) is 0 Å². The number of fused-ring (bicyclic) bond motifs is 12. The maximum atomic E-state index is 14.9. The Morgan fingerprint density at radius 2 is 0.719 bits per heavy atom. The number of aromatic nitrogens is 3. The predicted octanol–water partition coefficient (Wildman–Crippen LogP) is 16.0. The summed E-state index contributed by atoms with van der Waals surface area (Å²) >= 11 is 0. The Hall–Kier alpha value is -8.41. The summed E-state index contributed by atoms with van der Waals surface area (Å²) < 4.78 is 34.4. The zero-order chi connectivity index (χ0) is 42.5. The molecule has 0 fully saturated rings. The number of pyridine rings is 1. The average Bonchev–Trinajstić information content (AvgIpc) is 3.86. The molecule has 0 saturated carbocycles. The number of benzene rings is 10. The second-order valence-corrected chi connectivity index (χ2v) is 16.6. The number of hydrogen-bond acceptors (Lipinski definition) is 1. The van der Waals surface area contributed by atoms with Crippen LogP contribution in [0, 0.1) is 11.6 Å². The van der Waals surface area contributed by atoms with Crippen LogP contribution in [0.1, 0.15) is 0 Å². The van der Waals surface area contributed by atoms with Crippen LogP contribution < -0.4 is 0 Å². The first-order valence-electron chi connectivity index (χ1n) is 21.5. The largest absolute Gasteiger partial charge is 0.309 e. The van der Waals surface area contributed by atoms with E-state index in [1.807, 2.05) is 24.3 Å². The van der Waals surface area contributed by atoms with Crippen molar-refractivity contribution in [2.45, 2.75) is 0 Å². The Morgan fingerprint density at radius 1 is 0.281 bits per heavy atom. The van der Waals surface area contributed by atoms with Gasteiger partial charge in [-0.2, -0.15) is 0 Å². The Bertz CT molecular complexity index is 3990. The van der Waals surface area contributed by atoms with Crippen LogP contribution in [-0.4, -0.2) is 14.1 Å². The summed E-state index contributed by atoms with van der Waals surface area (Å²) in [6.45, 7) is 0. The summed E-state index contributed by atoms with van der Waals surface area (Å²) in [6, 6.07) is 72.0. The van der Waals surface area contributed by atoms with Gasteiger partial charge < -0.3 is 4.57 Å². The maximum absolute atomic E-state index is 14.9. The van der Waals surface area contributed by atoms with Gasteiger partial charge in [-0.15, -0.1) is 0 Å². The molecule has 0 radical (unpaired) electrons. The summed E-state index contributed by atoms with van der Waals surface area (Å²) in [6.07, 6.45) is 0. The molecule has 13 rings (SSSR count). The molecular formula is C59H35F2N3.